The Kier molecular flexibility index (Phi) is 3.91. The Hall–Kier alpha value is -0.400. The lowest BCUT2D eigenvalue weighted by atomic mass is 10.3. The Balaban J connectivity index is 3.08. The molecule has 1 rings (SSSR count). The first-order valence-corrected chi connectivity index (χ1v) is 6.54. The van der Waals surface area contributed by atoms with Crippen molar-refractivity contribution in [3.63, 3.8) is 0 Å². The molecule has 0 atom stereocenters. The number of nitrogens with one attached hydrogen (secondary N) is 1. The first kappa shape index (κ1) is 12.7. The van der Waals surface area contributed by atoms with E-state index >= 15 is 0 Å². The third-order valence-corrected chi connectivity index (χ3v) is 3.85. The molecule has 0 bridgehead atoms. The minimum atomic E-state index is -3.75. The summed E-state index contributed by atoms with van der Waals surface area (Å²) in [7, 11) is -3.75. The molecular weight excluding hydrogens is 316 g/mol. The molecular formula is C7H5BrClF2NO2S. The van der Waals surface area contributed by atoms with E-state index in [2.05, 4.69) is 15.9 Å². The van der Waals surface area contributed by atoms with Gasteiger partial charge in [-0.25, -0.2) is 17.2 Å². The van der Waals surface area contributed by atoms with Gasteiger partial charge >= 0.3 is 0 Å². The number of hydrogen-bond acceptors (Lipinski definition) is 2. The Morgan fingerprint density at radius 3 is 2.20 bits per heavy atom. The third-order valence-electron chi connectivity index (χ3n) is 1.40. The normalized spacial score (nSPS) is 11.5. The van der Waals surface area contributed by atoms with Gasteiger partial charge in [-0.15, -0.1) is 11.6 Å². The summed E-state index contributed by atoms with van der Waals surface area (Å²) in [5, 5.41) is -0.688. The van der Waals surface area contributed by atoms with Crippen molar-refractivity contribution in [2.24, 2.45) is 0 Å². The van der Waals surface area contributed by atoms with E-state index in [1.807, 2.05) is 4.72 Å². The summed E-state index contributed by atoms with van der Waals surface area (Å²) < 4.78 is 49.4. The summed E-state index contributed by atoms with van der Waals surface area (Å²) in [4.78, 5) is 0. The summed E-state index contributed by atoms with van der Waals surface area (Å²) in [6.07, 6.45) is 0. The van der Waals surface area contributed by atoms with Gasteiger partial charge in [0.05, 0.1) is 10.2 Å². The molecule has 8 heteroatoms. The average molecular weight is 321 g/mol. The van der Waals surface area contributed by atoms with E-state index in [9.17, 15) is 17.2 Å². The van der Waals surface area contributed by atoms with Crippen molar-refractivity contribution in [1.82, 2.24) is 0 Å². The third kappa shape index (κ3) is 3.29. The van der Waals surface area contributed by atoms with Crippen LogP contribution < -0.4 is 4.72 Å². The highest BCUT2D eigenvalue weighted by Crippen LogP contribution is 2.24. The predicted octanol–water partition coefficient (Wildman–Crippen LogP) is 2.67. The van der Waals surface area contributed by atoms with Gasteiger partial charge in [0.1, 0.15) is 16.8 Å². The van der Waals surface area contributed by atoms with Crippen molar-refractivity contribution < 1.29 is 17.2 Å². The maximum Gasteiger partial charge on any atom is 0.246 e. The molecule has 0 amide bonds. The second-order valence-electron chi connectivity index (χ2n) is 2.58. The lowest BCUT2D eigenvalue weighted by Gasteiger charge is -2.06. The van der Waals surface area contributed by atoms with Crippen LogP contribution in [0.5, 0.6) is 0 Å². The van der Waals surface area contributed by atoms with E-state index in [-0.39, 0.29) is 10.2 Å². The minimum absolute atomic E-state index is 0.214. The molecule has 1 N–H and O–H groups in total. The molecule has 0 fully saturated rings. The molecule has 84 valence electrons. The van der Waals surface area contributed by atoms with Crippen LogP contribution >= 0.6 is 27.5 Å². The Morgan fingerprint density at radius 2 is 1.80 bits per heavy atom. The van der Waals surface area contributed by atoms with Gasteiger partial charge in [0.2, 0.25) is 10.0 Å². The van der Waals surface area contributed by atoms with Crippen LogP contribution in [0.2, 0.25) is 0 Å². The smallest absolute Gasteiger partial charge is 0.246 e. The zero-order valence-corrected chi connectivity index (χ0v) is 10.3. The van der Waals surface area contributed by atoms with Gasteiger partial charge in [-0.05, 0) is 28.1 Å². The summed E-state index contributed by atoms with van der Waals surface area (Å²) in [5.74, 6) is -1.80. The molecule has 0 heterocycles. The van der Waals surface area contributed by atoms with Crippen LogP contribution in [0.1, 0.15) is 0 Å². The van der Waals surface area contributed by atoms with Gasteiger partial charge < -0.3 is 0 Å². The number of hydrogen-bond donors (Lipinski definition) is 1. The number of rotatable bonds is 3. The van der Waals surface area contributed by atoms with Gasteiger partial charge in [0, 0.05) is 0 Å². The van der Waals surface area contributed by atoms with Crippen LogP contribution in [-0.4, -0.2) is 13.6 Å². The van der Waals surface area contributed by atoms with Gasteiger partial charge in [-0.3, -0.25) is 4.72 Å². The molecule has 0 unspecified atom stereocenters. The van der Waals surface area contributed by atoms with Crippen molar-refractivity contribution in [3.05, 3.63) is 28.2 Å². The maximum atomic E-state index is 13.0. The van der Waals surface area contributed by atoms with Crippen LogP contribution in [0.15, 0.2) is 16.6 Å². The molecule has 0 aliphatic carbocycles. The Morgan fingerprint density at radius 1 is 1.33 bits per heavy atom. The van der Waals surface area contributed by atoms with Crippen LogP contribution in [0.4, 0.5) is 14.5 Å². The second kappa shape index (κ2) is 4.63. The van der Waals surface area contributed by atoms with Crippen LogP contribution in [0.3, 0.4) is 0 Å². The van der Waals surface area contributed by atoms with Crippen molar-refractivity contribution >= 4 is 43.2 Å². The van der Waals surface area contributed by atoms with Gasteiger partial charge in [-0.2, -0.15) is 0 Å². The van der Waals surface area contributed by atoms with Crippen molar-refractivity contribution in [1.29, 1.82) is 0 Å². The van der Waals surface area contributed by atoms with Crippen LogP contribution in [0, 0.1) is 11.6 Å². The highest BCUT2D eigenvalue weighted by Gasteiger charge is 2.12. The fourth-order valence-electron chi connectivity index (χ4n) is 0.821. The molecule has 1 aromatic rings. The Labute approximate surface area is 98.6 Å². The number of benzene rings is 1. The monoisotopic (exact) mass is 319 g/mol. The number of alkyl halides is 1. The first-order chi connectivity index (χ1) is 6.85. The van der Waals surface area contributed by atoms with E-state index in [0.29, 0.717) is 0 Å². The van der Waals surface area contributed by atoms with E-state index < -0.39 is 26.9 Å². The number of sulfonamides is 1. The van der Waals surface area contributed by atoms with Gasteiger partial charge in [0.15, 0.2) is 0 Å². The van der Waals surface area contributed by atoms with Crippen molar-refractivity contribution in [2.75, 3.05) is 9.93 Å². The van der Waals surface area contributed by atoms with Crippen molar-refractivity contribution in [3.8, 4) is 0 Å². The number of anilines is 1. The molecule has 15 heavy (non-hydrogen) atoms. The van der Waals surface area contributed by atoms with E-state index in [4.69, 9.17) is 11.6 Å². The molecule has 0 aromatic heterocycles. The first-order valence-electron chi connectivity index (χ1n) is 3.57. The molecule has 1 aromatic carbocycles. The molecule has 0 saturated carbocycles. The summed E-state index contributed by atoms with van der Waals surface area (Å²) in [5.41, 5.74) is -0.214. The quantitative estimate of drug-likeness (QED) is 0.687. The second-order valence-corrected chi connectivity index (χ2v) is 5.68. The largest absolute Gasteiger partial charge is 0.282 e. The van der Waals surface area contributed by atoms with Gasteiger partial charge in [-0.1, -0.05) is 0 Å². The Bertz CT molecular complexity index is 457. The minimum Gasteiger partial charge on any atom is -0.282 e. The molecule has 0 spiro atoms. The average Bonchev–Trinajstić information content (AvgIpc) is 2.13. The van der Waals surface area contributed by atoms with Crippen LogP contribution in [0.25, 0.3) is 0 Å². The molecule has 0 saturated heterocycles. The molecule has 0 aliphatic rings. The van der Waals surface area contributed by atoms with E-state index in [1.54, 1.807) is 0 Å². The SMILES string of the molecule is O=S(=O)(CCl)Nc1cc(F)c(Br)c(F)c1. The fourth-order valence-corrected chi connectivity index (χ4v) is 1.75. The zero-order chi connectivity index (χ0) is 11.6. The maximum absolute atomic E-state index is 13.0. The lowest BCUT2D eigenvalue weighted by molar-refractivity contribution is 0.573. The summed E-state index contributed by atoms with van der Waals surface area (Å²) in [6, 6.07) is 1.69. The topological polar surface area (TPSA) is 46.2 Å². The predicted molar refractivity (Wildman–Crippen MR) is 57.3 cm³/mol. The van der Waals surface area contributed by atoms with E-state index in [0.717, 1.165) is 12.1 Å². The molecule has 3 nitrogen and oxygen atoms in total. The van der Waals surface area contributed by atoms with Gasteiger partial charge in [0.25, 0.3) is 0 Å². The number of halogens is 4. The lowest BCUT2D eigenvalue weighted by Crippen LogP contribution is -2.13. The highest BCUT2D eigenvalue weighted by atomic mass is 79.9. The summed E-state index contributed by atoms with van der Waals surface area (Å²) >= 11 is 7.76. The standard InChI is InChI=1S/C7H5BrClF2NO2S/c8-7-5(10)1-4(2-6(7)11)12-15(13,14)3-9/h1-2,12H,3H2. The fraction of sp³-hybridized carbons (Fsp3) is 0.143. The summed E-state index contributed by atoms with van der Waals surface area (Å²) in [6.45, 7) is 0. The highest BCUT2D eigenvalue weighted by molar-refractivity contribution is 9.10. The molecule has 0 radical (unpaired) electrons. The van der Waals surface area contributed by atoms with Crippen molar-refractivity contribution in [2.45, 2.75) is 0 Å². The van der Waals surface area contributed by atoms with E-state index in [1.165, 1.54) is 0 Å². The zero-order valence-electron chi connectivity index (χ0n) is 7.10. The molecule has 0 aliphatic heterocycles. The van der Waals surface area contributed by atoms with Crippen LogP contribution in [-0.2, 0) is 10.0 Å².